The molecule has 2 fully saturated rings. The van der Waals surface area contributed by atoms with Crippen molar-refractivity contribution in [2.24, 2.45) is 0 Å². The number of ether oxygens (including phenoxy) is 2. The van der Waals surface area contributed by atoms with E-state index in [1.165, 1.54) is 19.8 Å². The van der Waals surface area contributed by atoms with E-state index < -0.39 is 32.4 Å². The molecule has 2 aromatic heterocycles. The molecule has 2 aliphatic rings. The van der Waals surface area contributed by atoms with E-state index in [0.717, 1.165) is 0 Å². The third-order valence-electron chi connectivity index (χ3n) is 3.80. The average molecular weight is 339 g/mol. The van der Waals surface area contributed by atoms with Gasteiger partial charge in [0.1, 0.15) is 25.1 Å². The molecule has 2 aliphatic heterocycles. The van der Waals surface area contributed by atoms with Crippen LogP contribution in [-0.2, 0) is 13.8 Å². The number of rotatable bonds is 2. The van der Waals surface area contributed by atoms with Gasteiger partial charge in [-0.25, -0.2) is 14.9 Å². The second-order valence-corrected chi connectivity index (χ2v) is 6.79. The fraction of sp³-hybridized carbons (Fsp3) is 0.545. The molecule has 4 heterocycles. The Balaban J connectivity index is 1.69. The first-order chi connectivity index (χ1) is 11.0. The molecule has 0 spiro atoms. The third kappa shape index (κ3) is 2.40. The number of methoxy groups -OCH3 is 1. The van der Waals surface area contributed by atoms with Crippen LogP contribution in [0.25, 0.3) is 11.2 Å². The van der Waals surface area contributed by atoms with Crippen LogP contribution in [0.3, 0.4) is 0 Å². The summed E-state index contributed by atoms with van der Waals surface area (Å²) in [6.45, 7) is 0.0317. The summed E-state index contributed by atoms with van der Waals surface area (Å²) < 4.78 is 22.7. The van der Waals surface area contributed by atoms with E-state index in [0.29, 0.717) is 17.0 Å². The van der Waals surface area contributed by atoms with Crippen molar-refractivity contribution in [1.29, 1.82) is 0 Å². The maximum atomic E-state index is 10.5. The summed E-state index contributed by atoms with van der Waals surface area (Å²) in [6, 6.07) is 0. The second-order valence-electron chi connectivity index (χ2n) is 5.19. The normalized spacial score (nSPS) is 37.0. The van der Waals surface area contributed by atoms with Crippen LogP contribution in [0.4, 0.5) is 0 Å². The van der Waals surface area contributed by atoms with Crippen LogP contribution in [0.2, 0.25) is 0 Å². The Bertz CT molecular complexity index is 744. The Kier molecular flexibility index (Phi) is 3.52. The van der Waals surface area contributed by atoms with Crippen molar-refractivity contribution in [2.45, 2.75) is 24.5 Å². The summed E-state index contributed by atoms with van der Waals surface area (Å²) in [5.41, 5.74) is 0.888. The molecule has 5 atom stereocenters. The van der Waals surface area contributed by atoms with Crippen LogP contribution in [0.15, 0.2) is 12.7 Å². The van der Waals surface area contributed by atoms with Crippen molar-refractivity contribution in [3.8, 4) is 5.88 Å². The summed E-state index contributed by atoms with van der Waals surface area (Å²) in [6.07, 6.45) is -0.429. The van der Waals surface area contributed by atoms with Crippen LogP contribution >= 0.6 is 7.82 Å². The van der Waals surface area contributed by atoms with E-state index in [9.17, 15) is 10.00 Å². The summed E-state index contributed by atoms with van der Waals surface area (Å²) in [5, 5.41) is 10.5. The molecule has 2 saturated heterocycles. The molecule has 2 aromatic rings. The monoisotopic (exact) mass is 339 g/mol. The van der Waals surface area contributed by atoms with Crippen molar-refractivity contribution in [3.63, 3.8) is 0 Å². The molecule has 0 bridgehead atoms. The van der Waals surface area contributed by atoms with E-state index >= 15 is 0 Å². The SMILES string of the molecule is [B][P+]1(O)OC[C@H]2O[C@@H](n3cnc4c(OC)ncnc43)C(O)[C@@H]2O1. The van der Waals surface area contributed by atoms with Crippen molar-refractivity contribution in [2.75, 3.05) is 13.7 Å². The molecular formula is C11H13BN4O6P+. The van der Waals surface area contributed by atoms with Gasteiger partial charge in [-0.3, -0.25) is 4.57 Å². The Labute approximate surface area is 132 Å². The van der Waals surface area contributed by atoms with Crippen molar-refractivity contribution < 1.29 is 28.5 Å². The van der Waals surface area contributed by atoms with E-state index in [1.807, 2.05) is 0 Å². The van der Waals surface area contributed by atoms with Crippen molar-refractivity contribution in [1.82, 2.24) is 19.5 Å². The predicted octanol–water partition coefficient (Wildman–Crippen LogP) is -0.653. The number of hydrogen-bond acceptors (Lipinski definition) is 9. The lowest BCUT2D eigenvalue weighted by molar-refractivity contribution is -0.0603. The van der Waals surface area contributed by atoms with Gasteiger partial charge in [0.15, 0.2) is 23.5 Å². The fourth-order valence-electron chi connectivity index (χ4n) is 2.76. The van der Waals surface area contributed by atoms with E-state index in [4.69, 9.17) is 26.1 Å². The Morgan fingerprint density at radius 2 is 2.26 bits per heavy atom. The number of aliphatic hydroxyl groups excluding tert-OH is 1. The standard InChI is InChI=1S/C11H13BN4O6P/c1-19-10-6-9(13-3-14-10)16(4-15-6)11-7(17)8-5(21-11)2-20-23(12,18)22-8/h3-5,7-8,11,17-18H,2H2,1H3/q+1/t5-,7?,8-,11-,23?/m1/s1. The summed E-state index contributed by atoms with van der Waals surface area (Å²) >= 11 is 0. The third-order valence-corrected chi connectivity index (χ3v) is 4.86. The molecule has 0 aromatic carbocycles. The van der Waals surface area contributed by atoms with E-state index in [2.05, 4.69) is 15.0 Å². The summed E-state index contributed by atoms with van der Waals surface area (Å²) in [7, 11) is 3.55. The van der Waals surface area contributed by atoms with Gasteiger partial charge in [-0.15, -0.1) is 0 Å². The highest BCUT2D eigenvalue weighted by atomic mass is 31.2. The van der Waals surface area contributed by atoms with Gasteiger partial charge in [0.05, 0.1) is 13.4 Å². The number of aromatic nitrogens is 4. The van der Waals surface area contributed by atoms with Crippen molar-refractivity contribution in [3.05, 3.63) is 12.7 Å². The van der Waals surface area contributed by atoms with Crippen LogP contribution < -0.4 is 4.74 Å². The van der Waals surface area contributed by atoms with Crippen LogP contribution in [0.1, 0.15) is 6.23 Å². The van der Waals surface area contributed by atoms with Gasteiger partial charge in [0.2, 0.25) is 5.88 Å². The van der Waals surface area contributed by atoms with Crippen LogP contribution in [-0.4, -0.2) is 69.1 Å². The van der Waals surface area contributed by atoms with Crippen LogP contribution in [0, 0.1) is 0 Å². The number of hydrogen-bond donors (Lipinski definition) is 2. The van der Waals surface area contributed by atoms with Gasteiger partial charge in [0.25, 0.3) is 0 Å². The topological polar surface area (TPSA) is 121 Å². The number of fused-ring (bicyclic) bond motifs is 2. The molecule has 0 aliphatic carbocycles. The molecule has 10 nitrogen and oxygen atoms in total. The predicted molar refractivity (Wildman–Crippen MR) is 77.5 cm³/mol. The Morgan fingerprint density at radius 3 is 3.04 bits per heavy atom. The van der Waals surface area contributed by atoms with Gasteiger partial charge in [0, 0.05) is 0 Å². The largest absolute Gasteiger partial charge is 0.488 e. The van der Waals surface area contributed by atoms with E-state index in [-0.39, 0.29) is 6.61 Å². The zero-order valence-corrected chi connectivity index (χ0v) is 12.9. The van der Waals surface area contributed by atoms with E-state index in [1.54, 1.807) is 4.57 Å². The molecule has 4 rings (SSSR count). The first kappa shape index (κ1) is 15.2. The smallest absolute Gasteiger partial charge is 0.479 e. The maximum absolute atomic E-state index is 10.5. The molecule has 23 heavy (non-hydrogen) atoms. The lowest BCUT2D eigenvalue weighted by Gasteiger charge is -2.27. The van der Waals surface area contributed by atoms with Crippen LogP contribution in [0.5, 0.6) is 5.88 Å². The first-order valence-electron chi connectivity index (χ1n) is 6.78. The minimum atomic E-state index is -3.42. The van der Waals surface area contributed by atoms with Gasteiger partial charge in [-0.2, -0.15) is 14.0 Å². The molecule has 12 heteroatoms. The number of imidazole rings is 1. The average Bonchev–Trinajstić information content (AvgIpc) is 3.08. The second kappa shape index (κ2) is 5.33. The zero-order chi connectivity index (χ0) is 16.2. The van der Waals surface area contributed by atoms with Gasteiger partial charge in [-0.1, -0.05) is 0 Å². The molecule has 2 radical (unpaired) electrons. The fourth-order valence-corrected chi connectivity index (χ4v) is 3.80. The highest BCUT2D eigenvalue weighted by Gasteiger charge is 2.56. The number of nitrogens with zero attached hydrogens (tertiary/aromatic N) is 4. The van der Waals surface area contributed by atoms with Gasteiger partial charge in [-0.05, 0) is 0 Å². The molecule has 2 N–H and O–H groups in total. The highest BCUT2D eigenvalue weighted by molar-refractivity contribution is 7.85. The molecular weight excluding hydrogens is 326 g/mol. The quantitative estimate of drug-likeness (QED) is 0.543. The minimum Gasteiger partial charge on any atom is -0.479 e. The molecule has 120 valence electrons. The minimum absolute atomic E-state index is 0.0317. The van der Waals surface area contributed by atoms with Crippen molar-refractivity contribution >= 4 is 26.6 Å². The highest BCUT2D eigenvalue weighted by Crippen LogP contribution is 2.58. The Morgan fingerprint density at radius 1 is 1.43 bits per heavy atom. The lowest BCUT2D eigenvalue weighted by atomic mass is 10.1. The number of aliphatic hydroxyl groups is 1. The Hall–Kier alpha value is -1.36. The maximum Gasteiger partial charge on any atom is 0.488 e. The zero-order valence-electron chi connectivity index (χ0n) is 12.0. The molecule has 0 saturated carbocycles. The first-order valence-corrected chi connectivity index (χ1v) is 8.43. The summed E-state index contributed by atoms with van der Waals surface area (Å²) in [5.74, 6) is 0.320. The molecule has 0 amide bonds. The summed E-state index contributed by atoms with van der Waals surface area (Å²) in [4.78, 5) is 22.0. The lowest BCUT2D eigenvalue weighted by Crippen LogP contribution is -2.40. The van der Waals surface area contributed by atoms with Gasteiger partial charge >= 0.3 is 15.4 Å². The molecule has 2 unspecified atom stereocenters. The van der Waals surface area contributed by atoms with Gasteiger partial charge < -0.3 is 14.6 Å².